The molecular weight excluding hydrogens is 402 g/mol. The monoisotopic (exact) mass is 439 g/mol. The van der Waals surface area contributed by atoms with Gasteiger partial charge in [0.2, 0.25) is 6.10 Å². The second-order valence-electron chi connectivity index (χ2n) is 10.4. The maximum absolute atomic E-state index is 12.8. The molecule has 0 aromatic carbocycles. The Balaban J connectivity index is 1.31. The molecule has 30 heavy (non-hydrogen) atoms. The van der Waals surface area contributed by atoms with E-state index in [1.54, 1.807) is 6.92 Å². The van der Waals surface area contributed by atoms with Crippen molar-refractivity contribution in [1.29, 1.82) is 0 Å². The van der Waals surface area contributed by atoms with Crippen LogP contribution >= 0.6 is 12.6 Å². The molecule has 0 aromatic rings. The first kappa shape index (κ1) is 22.4. The van der Waals surface area contributed by atoms with Gasteiger partial charge in [0.05, 0.1) is 18.1 Å². The molecule has 5 rings (SSSR count). The van der Waals surface area contributed by atoms with Crippen LogP contribution in [0, 0.1) is 29.6 Å². The third-order valence-corrected chi connectivity index (χ3v) is 8.25. The molecule has 0 amide bonds. The zero-order chi connectivity index (χ0) is 21.1. The van der Waals surface area contributed by atoms with Gasteiger partial charge in [-0.3, -0.25) is 4.79 Å². The number of thiol groups is 1. The van der Waals surface area contributed by atoms with Gasteiger partial charge >= 0.3 is 11.9 Å². The van der Waals surface area contributed by atoms with Gasteiger partial charge in [0.15, 0.2) is 0 Å². The molecule has 5 aliphatic rings. The predicted molar refractivity (Wildman–Crippen MR) is 116 cm³/mol. The summed E-state index contributed by atoms with van der Waals surface area (Å²) in [6, 6.07) is 0. The van der Waals surface area contributed by atoms with E-state index in [9.17, 15) is 9.59 Å². The summed E-state index contributed by atoms with van der Waals surface area (Å²) in [5.41, 5.74) is 3.05. The van der Waals surface area contributed by atoms with Gasteiger partial charge in [0.25, 0.3) is 0 Å². The Kier molecular flexibility index (Phi) is 7.31. The van der Waals surface area contributed by atoms with E-state index in [2.05, 4.69) is 18.1 Å². The number of nitrogens with one attached hydrogen (secondary N) is 1. The summed E-state index contributed by atoms with van der Waals surface area (Å²) in [4.78, 5) is 30.7. The van der Waals surface area contributed by atoms with Gasteiger partial charge in [-0.25, -0.2) is 4.79 Å². The van der Waals surface area contributed by atoms with Crippen molar-refractivity contribution in [3.05, 3.63) is 0 Å². The number of hydrogen-bond acceptors (Lipinski definition) is 7. The van der Waals surface area contributed by atoms with Gasteiger partial charge in [-0.15, -0.1) is 5.48 Å². The largest absolute Gasteiger partial charge is 0.448 e. The van der Waals surface area contributed by atoms with Crippen molar-refractivity contribution >= 4 is 24.6 Å². The van der Waals surface area contributed by atoms with Crippen molar-refractivity contribution in [2.75, 3.05) is 19.0 Å². The van der Waals surface area contributed by atoms with Crippen molar-refractivity contribution in [1.82, 2.24) is 5.48 Å². The third kappa shape index (κ3) is 5.33. The van der Waals surface area contributed by atoms with Crippen molar-refractivity contribution in [2.24, 2.45) is 29.6 Å². The fraction of sp³-hybridized carbons (Fsp3) is 0.913. The molecule has 0 spiro atoms. The van der Waals surface area contributed by atoms with Crippen LogP contribution in [0.25, 0.3) is 0 Å². The van der Waals surface area contributed by atoms with Crippen LogP contribution in [0.3, 0.4) is 0 Å². The van der Waals surface area contributed by atoms with Gasteiger partial charge < -0.3 is 14.3 Å². The van der Waals surface area contributed by atoms with Crippen LogP contribution in [-0.2, 0) is 23.9 Å². The number of carbonyl (C=O) groups excluding carboxylic acids is 2. The smallest absolute Gasteiger partial charge is 0.368 e. The Morgan fingerprint density at radius 1 is 1.03 bits per heavy atom. The molecule has 7 heteroatoms. The van der Waals surface area contributed by atoms with E-state index in [0.29, 0.717) is 18.3 Å². The van der Waals surface area contributed by atoms with E-state index >= 15 is 0 Å². The second kappa shape index (κ2) is 9.78. The molecule has 5 fully saturated rings. The summed E-state index contributed by atoms with van der Waals surface area (Å²) in [7, 11) is 0. The summed E-state index contributed by atoms with van der Waals surface area (Å²) in [5.74, 6) is 1.79. The summed E-state index contributed by atoms with van der Waals surface area (Å²) in [6.07, 6.45) is 11.0. The highest BCUT2D eigenvalue weighted by Crippen LogP contribution is 2.55. The van der Waals surface area contributed by atoms with Gasteiger partial charge in [0, 0.05) is 12.4 Å². The number of esters is 1. The summed E-state index contributed by atoms with van der Waals surface area (Å²) in [6.45, 7) is 2.39. The molecule has 6 nitrogen and oxygen atoms in total. The predicted octanol–water partition coefficient (Wildman–Crippen LogP) is 3.69. The average Bonchev–Trinajstić information content (AvgIpc) is 3.23. The molecule has 0 heterocycles. The van der Waals surface area contributed by atoms with Gasteiger partial charge in [-0.05, 0) is 75.0 Å². The lowest BCUT2D eigenvalue weighted by molar-refractivity contribution is -0.187. The minimum absolute atomic E-state index is 0.0446. The minimum atomic E-state index is -1.04. The summed E-state index contributed by atoms with van der Waals surface area (Å²) < 4.78 is 11.3. The van der Waals surface area contributed by atoms with E-state index in [-0.39, 0.29) is 18.1 Å². The van der Waals surface area contributed by atoms with Crippen LogP contribution in [-0.4, -0.2) is 42.5 Å². The van der Waals surface area contributed by atoms with Crippen LogP contribution in [0.15, 0.2) is 0 Å². The first-order chi connectivity index (χ1) is 14.5. The first-order valence-electron chi connectivity index (χ1n) is 11.8. The van der Waals surface area contributed by atoms with Crippen molar-refractivity contribution in [2.45, 2.75) is 82.8 Å². The number of rotatable bonds is 10. The highest BCUT2D eigenvalue weighted by molar-refractivity contribution is 7.80. The van der Waals surface area contributed by atoms with E-state index in [0.717, 1.165) is 37.0 Å². The van der Waals surface area contributed by atoms with E-state index in [1.165, 1.54) is 44.9 Å². The molecule has 0 radical (unpaired) electrons. The molecule has 1 N–H and O–H groups in total. The van der Waals surface area contributed by atoms with E-state index in [4.69, 9.17) is 14.3 Å². The van der Waals surface area contributed by atoms with Crippen molar-refractivity contribution in [3.63, 3.8) is 0 Å². The standard InChI is InChI=1S/C23H37NO5S/c1-15(14-30)21(25)28-20(13-27-12-16-4-2-3-5-16)22(26)29-24-23-9-17-6-18(10-23)8-19(7-17)11-23/h15-20,24,30H,2-14H2,1H3/t15-,17?,18?,19?,20+,23?/m1/s1. The molecule has 5 aliphatic carbocycles. The van der Waals surface area contributed by atoms with E-state index in [1.807, 2.05) is 0 Å². The molecule has 170 valence electrons. The van der Waals surface area contributed by atoms with Crippen LogP contribution in [0.4, 0.5) is 0 Å². The van der Waals surface area contributed by atoms with Gasteiger partial charge in [-0.1, -0.05) is 19.8 Å². The Bertz CT molecular complexity index is 585. The van der Waals surface area contributed by atoms with Crippen LogP contribution in [0.5, 0.6) is 0 Å². The lowest BCUT2D eigenvalue weighted by Crippen LogP contribution is -2.59. The van der Waals surface area contributed by atoms with Gasteiger partial charge in [-0.2, -0.15) is 12.6 Å². The summed E-state index contributed by atoms with van der Waals surface area (Å²) >= 11 is 4.16. The summed E-state index contributed by atoms with van der Waals surface area (Å²) in [5, 5.41) is 0. The van der Waals surface area contributed by atoms with Crippen LogP contribution in [0.1, 0.15) is 71.1 Å². The molecule has 0 aromatic heterocycles. The number of ether oxygens (including phenoxy) is 2. The molecule has 2 atom stereocenters. The molecule has 5 saturated carbocycles. The molecule has 0 saturated heterocycles. The highest BCUT2D eigenvalue weighted by atomic mass is 32.1. The maximum Gasteiger partial charge on any atom is 0.368 e. The Labute approximate surface area is 185 Å². The fourth-order valence-corrected chi connectivity index (χ4v) is 6.61. The van der Waals surface area contributed by atoms with Crippen LogP contribution in [0.2, 0.25) is 0 Å². The lowest BCUT2D eigenvalue weighted by Gasteiger charge is -2.56. The Morgan fingerprint density at radius 3 is 2.20 bits per heavy atom. The quantitative estimate of drug-likeness (QED) is 0.307. The lowest BCUT2D eigenvalue weighted by atomic mass is 9.53. The molecule has 0 aliphatic heterocycles. The zero-order valence-corrected chi connectivity index (χ0v) is 19.0. The highest BCUT2D eigenvalue weighted by Gasteiger charge is 2.52. The number of carbonyl (C=O) groups is 2. The van der Waals surface area contributed by atoms with Crippen molar-refractivity contribution < 1.29 is 23.9 Å². The normalized spacial score (nSPS) is 34.7. The van der Waals surface area contributed by atoms with Gasteiger partial charge in [0.1, 0.15) is 0 Å². The van der Waals surface area contributed by atoms with Crippen LogP contribution < -0.4 is 5.48 Å². The Hall–Kier alpha value is -0.790. The topological polar surface area (TPSA) is 73.9 Å². The van der Waals surface area contributed by atoms with E-state index < -0.39 is 18.0 Å². The van der Waals surface area contributed by atoms with Crippen molar-refractivity contribution in [3.8, 4) is 0 Å². The Morgan fingerprint density at radius 2 is 1.63 bits per heavy atom. The molecular formula is C23H37NO5S. The molecule has 4 bridgehead atoms. The number of hydroxylamine groups is 1. The fourth-order valence-electron chi connectivity index (χ4n) is 6.46. The minimum Gasteiger partial charge on any atom is -0.448 e. The molecule has 0 unspecified atom stereocenters. The third-order valence-electron chi connectivity index (χ3n) is 7.70. The average molecular weight is 440 g/mol. The first-order valence-corrected chi connectivity index (χ1v) is 12.5. The maximum atomic E-state index is 12.8. The number of hydrogen-bond donors (Lipinski definition) is 2. The SMILES string of the molecule is C[C@H](CS)C(=O)O[C@@H](COCC1CCCC1)C(=O)ONC12CC3CC(CC(C3)C1)C2. The second-order valence-corrected chi connectivity index (χ2v) is 10.8. The zero-order valence-electron chi connectivity index (χ0n) is 18.1.